The Morgan fingerprint density at radius 2 is 2.22 bits per heavy atom. The van der Waals surface area contributed by atoms with Gasteiger partial charge in [-0.3, -0.25) is 0 Å². The molecule has 0 aliphatic carbocycles. The van der Waals surface area contributed by atoms with Crippen molar-refractivity contribution in [1.82, 2.24) is 0 Å². The topological polar surface area (TPSA) is 116 Å². The van der Waals surface area contributed by atoms with E-state index in [4.69, 9.17) is 20.1 Å². The van der Waals surface area contributed by atoms with Crippen molar-refractivity contribution in [2.45, 2.75) is 19.4 Å². The van der Waals surface area contributed by atoms with Crippen molar-refractivity contribution in [1.29, 1.82) is 0 Å². The zero-order valence-electron chi connectivity index (χ0n) is 10.3. The van der Waals surface area contributed by atoms with Crippen molar-refractivity contribution >= 4 is 12.0 Å². The van der Waals surface area contributed by atoms with E-state index in [1.807, 2.05) is 0 Å². The summed E-state index contributed by atoms with van der Waals surface area (Å²) in [5.74, 6) is -0.891. The van der Waals surface area contributed by atoms with Gasteiger partial charge in [0.25, 0.3) is 0 Å². The molecule has 1 unspecified atom stereocenters. The standard InChI is InChI=1S/C7H13NO4.C4H6O2/c9-3-4-12-5-7(11)1-2-8-6-10;1-2-3-4(5)6/h7,9,11H,1-5H2;2-3H,1H3,(H,5,6). The number of carboxylic acid groups (broad SMARTS) is 1. The number of ether oxygens (including phenoxy) is 1. The van der Waals surface area contributed by atoms with Gasteiger partial charge < -0.3 is 20.1 Å². The van der Waals surface area contributed by atoms with E-state index < -0.39 is 12.1 Å². The Labute approximate surface area is 105 Å². The second-order valence-corrected chi connectivity index (χ2v) is 3.05. The van der Waals surface area contributed by atoms with E-state index in [-0.39, 0.29) is 26.4 Å². The predicted molar refractivity (Wildman–Crippen MR) is 64.0 cm³/mol. The Morgan fingerprint density at radius 3 is 2.61 bits per heavy atom. The average Bonchev–Trinajstić information content (AvgIpc) is 2.30. The number of carbonyl (C=O) groups excluding carboxylic acids is 1. The molecule has 1 atom stereocenters. The van der Waals surface area contributed by atoms with Gasteiger partial charge in [0.1, 0.15) is 0 Å². The molecule has 0 aromatic rings. The number of aliphatic imine (C=N–C) groups is 1. The maximum atomic E-state index is 9.61. The lowest BCUT2D eigenvalue weighted by atomic mass is 10.3. The SMILES string of the molecule is CC=CC(=O)O.O=C=NCCC(O)COCCO. The molecule has 104 valence electrons. The van der Waals surface area contributed by atoms with Gasteiger partial charge in [-0.15, -0.1) is 0 Å². The summed E-state index contributed by atoms with van der Waals surface area (Å²) >= 11 is 0. The van der Waals surface area contributed by atoms with E-state index in [1.165, 1.54) is 12.2 Å². The Hall–Kier alpha value is -1.53. The second-order valence-electron chi connectivity index (χ2n) is 3.05. The fourth-order valence-electron chi connectivity index (χ4n) is 0.769. The Kier molecular flexibility index (Phi) is 16.2. The molecule has 0 saturated heterocycles. The smallest absolute Gasteiger partial charge is 0.327 e. The third-order valence-corrected chi connectivity index (χ3v) is 1.49. The highest BCUT2D eigenvalue weighted by molar-refractivity contribution is 5.79. The minimum Gasteiger partial charge on any atom is -0.478 e. The summed E-state index contributed by atoms with van der Waals surface area (Å²) in [5, 5.41) is 25.2. The van der Waals surface area contributed by atoms with Crippen molar-refractivity contribution in [2.75, 3.05) is 26.4 Å². The number of isocyanates is 1. The summed E-state index contributed by atoms with van der Waals surface area (Å²) < 4.78 is 4.84. The molecule has 3 N–H and O–H groups in total. The van der Waals surface area contributed by atoms with Crippen molar-refractivity contribution in [2.24, 2.45) is 4.99 Å². The van der Waals surface area contributed by atoms with Crippen LogP contribution in [-0.2, 0) is 14.3 Å². The van der Waals surface area contributed by atoms with E-state index in [9.17, 15) is 9.59 Å². The lowest BCUT2D eigenvalue weighted by Crippen LogP contribution is -2.17. The van der Waals surface area contributed by atoms with Crippen molar-refractivity contribution in [3.63, 3.8) is 0 Å². The van der Waals surface area contributed by atoms with E-state index in [0.29, 0.717) is 6.42 Å². The van der Waals surface area contributed by atoms with Gasteiger partial charge in [-0.1, -0.05) is 6.08 Å². The summed E-state index contributed by atoms with van der Waals surface area (Å²) in [7, 11) is 0. The van der Waals surface area contributed by atoms with Gasteiger partial charge in [0.05, 0.1) is 32.5 Å². The van der Waals surface area contributed by atoms with Crippen LogP contribution >= 0.6 is 0 Å². The van der Waals surface area contributed by atoms with Crippen molar-refractivity contribution in [3.05, 3.63) is 12.2 Å². The summed E-state index contributed by atoms with van der Waals surface area (Å²) in [4.78, 5) is 22.4. The number of nitrogens with zero attached hydrogens (tertiary/aromatic N) is 1. The molecule has 0 aromatic heterocycles. The van der Waals surface area contributed by atoms with Crippen LogP contribution in [0.5, 0.6) is 0 Å². The first-order valence-electron chi connectivity index (χ1n) is 5.34. The van der Waals surface area contributed by atoms with Gasteiger partial charge in [-0.05, 0) is 13.3 Å². The monoisotopic (exact) mass is 261 g/mol. The molecule has 0 heterocycles. The van der Waals surface area contributed by atoms with Crippen LogP contribution in [0.4, 0.5) is 0 Å². The van der Waals surface area contributed by atoms with Crippen LogP contribution in [0.3, 0.4) is 0 Å². The molecule has 0 saturated carbocycles. The van der Waals surface area contributed by atoms with Crippen molar-refractivity contribution in [3.8, 4) is 0 Å². The summed E-state index contributed by atoms with van der Waals surface area (Å²) in [5.41, 5.74) is 0. The largest absolute Gasteiger partial charge is 0.478 e. The van der Waals surface area contributed by atoms with E-state index >= 15 is 0 Å². The molecule has 7 nitrogen and oxygen atoms in total. The summed E-state index contributed by atoms with van der Waals surface area (Å²) in [6.45, 7) is 2.24. The van der Waals surface area contributed by atoms with Gasteiger partial charge in [0.2, 0.25) is 6.08 Å². The minimum atomic E-state index is -0.891. The fourth-order valence-corrected chi connectivity index (χ4v) is 0.769. The molecule has 7 heteroatoms. The molecule has 0 amide bonds. The fraction of sp³-hybridized carbons (Fsp3) is 0.636. The number of aliphatic carboxylic acids is 1. The van der Waals surface area contributed by atoms with Crippen LogP contribution in [-0.4, -0.2) is 59.8 Å². The van der Waals surface area contributed by atoms with Crippen molar-refractivity contribution < 1.29 is 29.6 Å². The van der Waals surface area contributed by atoms with Crippen LogP contribution in [0.1, 0.15) is 13.3 Å². The molecular formula is C11H19NO6. The molecular weight excluding hydrogens is 242 g/mol. The van der Waals surface area contributed by atoms with Crippen LogP contribution in [0.2, 0.25) is 0 Å². The number of allylic oxidation sites excluding steroid dienone is 1. The number of carboxylic acids is 1. The molecule has 0 spiro atoms. The molecule has 0 bridgehead atoms. The molecule has 0 aliphatic heterocycles. The highest BCUT2D eigenvalue weighted by Crippen LogP contribution is 1.92. The molecule has 0 radical (unpaired) electrons. The second kappa shape index (κ2) is 15.5. The van der Waals surface area contributed by atoms with Gasteiger partial charge in [0, 0.05) is 6.08 Å². The highest BCUT2D eigenvalue weighted by atomic mass is 16.5. The first-order chi connectivity index (χ1) is 8.58. The maximum absolute atomic E-state index is 9.61. The van der Waals surface area contributed by atoms with E-state index in [0.717, 1.165) is 6.08 Å². The molecule has 0 aliphatic rings. The van der Waals surface area contributed by atoms with Gasteiger partial charge in [-0.2, -0.15) is 0 Å². The van der Waals surface area contributed by atoms with Gasteiger partial charge >= 0.3 is 5.97 Å². The predicted octanol–water partition coefficient (Wildman–Crippen LogP) is -0.271. The molecule has 0 aromatic carbocycles. The summed E-state index contributed by atoms with van der Waals surface area (Å²) in [6.07, 6.45) is 3.68. The number of hydrogen-bond acceptors (Lipinski definition) is 6. The maximum Gasteiger partial charge on any atom is 0.327 e. The Morgan fingerprint density at radius 1 is 1.56 bits per heavy atom. The summed E-state index contributed by atoms with van der Waals surface area (Å²) in [6, 6.07) is 0. The third kappa shape index (κ3) is 20.0. The third-order valence-electron chi connectivity index (χ3n) is 1.49. The van der Waals surface area contributed by atoms with Gasteiger partial charge in [-0.25, -0.2) is 14.6 Å². The van der Waals surface area contributed by atoms with E-state index in [2.05, 4.69) is 4.99 Å². The number of carbonyl (C=O) groups is 1. The lowest BCUT2D eigenvalue weighted by Gasteiger charge is -2.07. The lowest BCUT2D eigenvalue weighted by molar-refractivity contribution is -0.131. The van der Waals surface area contributed by atoms with Crippen LogP contribution in [0.25, 0.3) is 0 Å². The number of aliphatic hydroxyl groups excluding tert-OH is 2. The quantitative estimate of drug-likeness (QED) is 0.240. The first kappa shape index (κ1) is 18.8. The zero-order chi connectivity index (χ0) is 14.2. The Bertz CT molecular complexity index is 273. The molecule has 0 rings (SSSR count). The normalized spacial score (nSPS) is 11.3. The highest BCUT2D eigenvalue weighted by Gasteiger charge is 2.02. The van der Waals surface area contributed by atoms with E-state index in [1.54, 1.807) is 6.92 Å². The number of aliphatic hydroxyl groups is 2. The average molecular weight is 261 g/mol. The molecule has 0 fully saturated rings. The van der Waals surface area contributed by atoms with Crippen LogP contribution < -0.4 is 0 Å². The number of hydrogen-bond donors (Lipinski definition) is 3. The zero-order valence-corrected chi connectivity index (χ0v) is 10.3. The molecule has 18 heavy (non-hydrogen) atoms. The van der Waals surface area contributed by atoms with Gasteiger partial charge in [0.15, 0.2) is 0 Å². The number of rotatable bonds is 8. The Balaban J connectivity index is 0. The minimum absolute atomic E-state index is 0.0563. The van der Waals surface area contributed by atoms with Crippen LogP contribution in [0.15, 0.2) is 17.1 Å². The first-order valence-corrected chi connectivity index (χ1v) is 5.34. The van der Waals surface area contributed by atoms with Crippen LogP contribution in [0, 0.1) is 0 Å².